The van der Waals surface area contributed by atoms with E-state index in [4.69, 9.17) is 0 Å². The van der Waals surface area contributed by atoms with Crippen LogP contribution in [0.25, 0.3) is 22.8 Å². The van der Waals surface area contributed by atoms with E-state index in [1.54, 1.807) is 6.20 Å². The molecule has 6 heteroatoms. The van der Waals surface area contributed by atoms with Gasteiger partial charge in [-0.2, -0.15) is 0 Å². The van der Waals surface area contributed by atoms with Gasteiger partial charge in [-0.3, -0.25) is 4.98 Å². The number of pyridine rings is 1. The van der Waals surface area contributed by atoms with Crippen LogP contribution in [0.3, 0.4) is 0 Å². The zero-order valence-corrected chi connectivity index (χ0v) is 13.4. The van der Waals surface area contributed by atoms with Gasteiger partial charge < -0.3 is 4.79 Å². The van der Waals surface area contributed by atoms with E-state index in [1.807, 2.05) is 60.7 Å². The lowest BCUT2D eigenvalue weighted by Crippen LogP contribution is -2.07. The van der Waals surface area contributed by atoms with E-state index in [0.717, 1.165) is 29.5 Å². The largest absolute Gasteiger partial charge is 0.303 e. The number of aromatic nitrogens is 5. The number of carbonyl (C=O) groups excluding carboxylic acids is 1. The van der Waals surface area contributed by atoms with E-state index in [2.05, 4.69) is 20.4 Å². The number of carbonyl (C=O) groups is 1. The summed E-state index contributed by atoms with van der Waals surface area (Å²) < 4.78 is 0. The molecule has 0 radical (unpaired) electrons. The van der Waals surface area contributed by atoms with Gasteiger partial charge in [0.1, 0.15) is 12.0 Å². The lowest BCUT2D eigenvalue weighted by molar-refractivity contribution is -0.109. The summed E-state index contributed by atoms with van der Waals surface area (Å²) in [4.78, 5) is 17.0. The molecule has 0 saturated heterocycles. The Kier molecular flexibility index (Phi) is 4.00. The van der Waals surface area contributed by atoms with E-state index in [9.17, 15) is 4.79 Å². The average Bonchev–Trinajstić information content (AvgIpc) is 3.19. The molecule has 0 spiro atoms. The Morgan fingerprint density at radius 1 is 1.16 bits per heavy atom. The van der Waals surface area contributed by atoms with Crippen molar-refractivity contribution < 1.29 is 4.79 Å². The third-order valence-corrected chi connectivity index (χ3v) is 4.08. The molecule has 122 valence electrons. The molecule has 0 amide bonds. The minimum atomic E-state index is -0.118. The molecule has 1 atom stereocenters. The number of benzene rings is 1. The van der Waals surface area contributed by atoms with Gasteiger partial charge in [0, 0.05) is 12.1 Å². The second kappa shape index (κ2) is 6.60. The molecule has 1 aromatic carbocycles. The highest BCUT2D eigenvalue weighted by molar-refractivity contribution is 5.83. The zero-order valence-electron chi connectivity index (χ0n) is 13.4. The van der Waals surface area contributed by atoms with Crippen LogP contribution in [-0.4, -0.2) is 31.5 Å². The second-order valence-electron chi connectivity index (χ2n) is 5.70. The van der Waals surface area contributed by atoms with Crippen LogP contribution in [0.15, 0.2) is 66.9 Å². The van der Waals surface area contributed by atoms with E-state index in [-0.39, 0.29) is 5.92 Å². The Hall–Kier alpha value is -3.41. The highest BCUT2D eigenvalue weighted by Gasteiger charge is 2.17. The third-order valence-electron chi connectivity index (χ3n) is 4.08. The van der Waals surface area contributed by atoms with E-state index < -0.39 is 0 Å². The van der Waals surface area contributed by atoms with E-state index in [0.29, 0.717) is 11.5 Å². The molecule has 4 rings (SSSR count). The maximum Gasteiger partial charge on any atom is 0.223 e. The van der Waals surface area contributed by atoms with Gasteiger partial charge in [0.05, 0.1) is 5.69 Å². The van der Waals surface area contributed by atoms with Crippen LogP contribution in [0.1, 0.15) is 12.0 Å². The maximum atomic E-state index is 11.3. The van der Waals surface area contributed by atoms with Crippen molar-refractivity contribution in [2.75, 3.05) is 0 Å². The van der Waals surface area contributed by atoms with Crippen LogP contribution >= 0.6 is 0 Å². The minimum absolute atomic E-state index is 0.118. The molecular formula is C19H15N5O. The van der Waals surface area contributed by atoms with Crippen LogP contribution in [0.5, 0.6) is 0 Å². The Bertz CT molecular complexity index is 959. The summed E-state index contributed by atoms with van der Waals surface area (Å²) in [6.45, 7) is 0. The van der Waals surface area contributed by atoms with Gasteiger partial charge in [0.15, 0.2) is 0 Å². The molecule has 1 aliphatic rings. The van der Waals surface area contributed by atoms with Crippen LogP contribution in [0.4, 0.5) is 0 Å². The van der Waals surface area contributed by atoms with Crippen molar-refractivity contribution in [2.24, 2.45) is 5.92 Å². The molecule has 3 aromatic rings. The predicted molar refractivity (Wildman–Crippen MR) is 93.7 cm³/mol. The van der Waals surface area contributed by atoms with Gasteiger partial charge in [-0.25, -0.2) is 0 Å². The van der Waals surface area contributed by atoms with Gasteiger partial charge in [-0.1, -0.05) is 36.4 Å². The van der Waals surface area contributed by atoms with Crippen molar-refractivity contribution in [1.29, 1.82) is 0 Å². The monoisotopic (exact) mass is 329 g/mol. The summed E-state index contributed by atoms with van der Waals surface area (Å²) in [7, 11) is 0. The highest BCUT2D eigenvalue weighted by atomic mass is 16.1. The summed E-state index contributed by atoms with van der Waals surface area (Å²) in [5.41, 5.74) is 3.44. The molecule has 1 aliphatic carbocycles. The SMILES string of the molecule is O=CC1CC=CC=C1c1cccc(-n2nnc(-c3ccccn3)n2)c1. The van der Waals surface area contributed by atoms with Crippen molar-refractivity contribution in [3.63, 3.8) is 0 Å². The number of aldehydes is 1. The average molecular weight is 329 g/mol. The molecule has 2 heterocycles. The fourth-order valence-corrected chi connectivity index (χ4v) is 2.82. The lowest BCUT2D eigenvalue weighted by atomic mass is 9.87. The van der Waals surface area contributed by atoms with Crippen molar-refractivity contribution in [3.8, 4) is 17.2 Å². The quantitative estimate of drug-likeness (QED) is 0.688. The normalized spacial score (nSPS) is 16.5. The van der Waals surface area contributed by atoms with E-state index in [1.165, 1.54) is 4.80 Å². The van der Waals surface area contributed by atoms with Gasteiger partial charge in [0.25, 0.3) is 0 Å². The van der Waals surface area contributed by atoms with Crippen LogP contribution in [0.2, 0.25) is 0 Å². The third kappa shape index (κ3) is 3.01. The molecule has 1 unspecified atom stereocenters. The molecule has 0 bridgehead atoms. The number of hydrogen-bond donors (Lipinski definition) is 0. The van der Waals surface area contributed by atoms with Crippen LogP contribution in [-0.2, 0) is 4.79 Å². The van der Waals surface area contributed by atoms with Gasteiger partial charge >= 0.3 is 0 Å². The Labute approximate surface area is 144 Å². The highest BCUT2D eigenvalue weighted by Crippen LogP contribution is 2.29. The van der Waals surface area contributed by atoms with Gasteiger partial charge in [-0.05, 0) is 47.0 Å². The van der Waals surface area contributed by atoms with Gasteiger partial charge in [0.2, 0.25) is 5.82 Å². The minimum Gasteiger partial charge on any atom is -0.303 e. The van der Waals surface area contributed by atoms with Crippen molar-refractivity contribution in [3.05, 3.63) is 72.5 Å². The number of rotatable bonds is 4. The number of tetrazole rings is 1. The maximum absolute atomic E-state index is 11.3. The number of nitrogens with zero attached hydrogens (tertiary/aromatic N) is 5. The topological polar surface area (TPSA) is 73.6 Å². The summed E-state index contributed by atoms with van der Waals surface area (Å²) in [6.07, 6.45) is 9.38. The summed E-state index contributed by atoms with van der Waals surface area (Å²) in [5, 5.41) is 12.6. The molecular weight excluding hydrogens is 314 g/mol. The molecule has 0 aliphatic heterocycles. The van der Waals surface area contributed by atoms with Crippen molar-refractivity contribution in [1.82, 2.24) is 25.2 Å². The first-order valence-corrected chi connectivity index (χ1v) is 7.99. The van der Waals surface area contributed by atoms with Crippen molar-refractivity contribution >= 4 is 11.9 Å². The predicted octanol–water partition coefficient (Wildman–Crippen LogP) is 2.88. The Morgan fingerprint density at radius 2 is 2.12 bits per heavy atom. The lowest BCUT2D eigenvalue weighted by Gasteiger charge is -2.16. The molecule has 25 heavy (non-hydrogen) atoms. The first-order chi connectivity index (χ1) is 12.3. The molecule has 0 saturated carbocycles. The Morgan fingerprint density at radius 3 is 2.96 bits per heavy atom. The second-order valence-corrected chi connectivity index (χ2v) is 5.70. The molecule has 2 aromatic heterocycles. The standard InChI is InChI=1S/C19H15N5O/c25-13-15-6-1-2-9-17(15)14-7-5-8-16(12-14)24-22-19(21-23-24)18-10-3-4-11-20-18/h1-5,7-13,15H,6H2. The number of hydrogen-bond acceptors (Lipinski definition) is 5. The number of allylic oxidation sites excluding steroid dienone is 4. The van der Waals surface area contributed by atoms with E-state index >= 15 is 0 Å². The Balaban J connectivity index is 1.69. The van der Waals surface area contributed by atoms with Gasteiger partial charge in [-0.15, -0.1) is 15.0 Å². The first kappa shape index (κ1) is 15.1. The van der Waals surface area contributed by atoms with Crippen molar-refractivity contribution in [2.45, 2.75) is 6.42 Å². The van der Waals surface area contributed by atoms with Crippen LogP contribution < -0.4 is 0 Å². The summed E-state index contributed by atoms with van der Waals surface area (Å²) >= 11 is 0. The summed E-state index contributed by atoms with van der Waals surface area (Å²) in [5.74, 6) is 0.352. The fraction of sp³-hybridized carbons (Fsp3) is 0.105. The summed E-state index contributed by atoms with van der Waals surface area (Å²) in [6, 6.07) is 13.3. The van der Waals surface area contributed by atoms with Crippen LogP contribution in [0, 0.1) is 5.92 Å². The fourth-order valence-electron chi connectivity index (χ4n) is 2.82. The smallest absolute Gasteiger partial charge is 0.223 e. The first-order valence-electron chi connectivity index (χ1n) is 7.99. The molecule has 6 nitrogen and oxygen atoms in total. The molecule has 0 fully saturated rings. The zero-order chi connectivity index (χ0) is 17.1. The molecule has 0 N–H and O–H groups in total.